The van der Waals surface area contributed by atoms with Gasteiger partial charge in [0.15, 0.2) is 0 Å². The molecule has 2 rings (SSSR count). The van der Waals surface area contributed by atoms with Crippen LogP contribution in [0.2, 0.25) is 0 Å². The van der Waals surface area contributed by atoms with Gasteiger partial charge in [-0.1, -0.05) is 0 Å². The van der Waals surface area contributed by atoms with Gasteiger partial charge in [-0.2, -0.15) is 0 Å². The van der Waals surface area contributed by atoms with E-state index < -0.39 is 11.8 Å². The molecule has 1 aromatic heterocycles. The summed E-state index contributed by atoms with van der Waals surface area (Å²) in [6, 6.07) is 5.07. The second-order valence-corrected chi connectivity index (χ2v) is 3.53. The average molecular weight is 248 g/mol. The van der Waals surface area contributed by atoms with Crippen LogP contribution in [0.15, 0.2) is 28.9 Å². The highest BCUT2D eigenvalue weighted by Crippen LogP contribution is 2.29. The summed E-state index contributed by atoms with van der Waals surface area (Å²) in [5.41, 5.74) is 0.422. The van der Waals surface area contributed by atoms with E-state index in [-0.39, 0.29) is 17.9 Å². The van der Waals surface area contributed by atoms with Gasteiger partial charge >= 0.3 is 5.97 Å². The summed E-state index contributed by atoms with van der Waals surface area (Å²) >= 11 is 0. The van der Waals surface area contributed by atoms with E-state index in [0.717, 1.165) is 5.39 Å². The molecule has 94 valence electrons. The van der Waals surface area contributed by atoms with Gasteiger partial charge in [-0.25, -0.2) is 4.79 Å². The van der Waals surface area contributed by atoms with Crippen molar-refractivity contribution in [3.8, 4) is 5.75 Å². The molecule has 0 saturated carbocycles. The van der Waals surface area contributed by atoms with Gasteiger partial charge in [0.05, 0.1) is 20.0 Å². The molecule has 1 heterocycles. The number of carbonyl (C=O) groups is 2. The highest BCUT2D eigenvalue weighted by molar-refractivity contribution is 6.43. The molecule has 1 aromatic carbocycles. The van der Waals surface area contributed by atoms with E-state index in [0.29, 0.717) is 5.58 Å². The largest absolute Gasteiger partial charge is 0.496 e. The monoisotopic (exact) mass is 248 g/mol. The summed E-state index contributed by atoms with van der Waals surface area (Å²) in [5.74, 6) is -1.40. The molecule has 5 heteroatoms. The molecule has 0 saturated heterocycles. The third kappa shape index (κ3) is 1.95. The molecule has 0 amide bonds. The number of rotatable bonds is 4. The smallest absolute Gasteiger partial charge is 0.379 e. The van der Waals surface area contributed by atoms with E-state index in [1.807, 2.05) is 0 Å². The zero-order chi connectivity index (χ0) is 13.1. The molecule has 5 nitrogen and oxygen atoms in total. The quantitative estimate of drug-likeness (QED) is 0.471. The number of ether oxygens (including phenoxy) is 2. The van der Waals surface area contributed by atoms with Gasteiger partial charge in [0.2, 0.25) is 0 Å². The normalized spacial score (nSPS) is 10.3. The Labute approximate surface area is 103 Å². The number of esters is 1. The van der Waals surface area contributed by atoms with Crippen LogP contribution >= 0.6 is 0 Å². The van der Waals surface area contributed by atoms with Crippen LogP contribution in [-0.4, -0.2) is 25.5 Å². The van der Waals surface area contributed by atoms with Gasteiger partial charge in [-0.3, -0.25) is 4.79 Å². The minimum Gasteiger partial charge on any atom is -0.496 e. The van der Waals surface area contributed by atoms with Crippen LogP contribution in [-0.2, 0) is 9.53 Å². The first-order valence-corrected chi connectivity index (χ1v) is 5.44. The zero-order valence-electron chi connectivity index (χ0n) is 10.1. The molecule has 0 aliphatic rings. The molecule has 0 N–H and O–H groups in total. The molecule has 0 fully saturated rings. The SMILES string of the molecule is CCOC(=O)C(=O)c1c(OC)ccc2ccoc12. The van der Waals surface area contributed by atoms with E-state index in [1.54, 1.807) is 25.1 Å². The van der Waals surface area contributed by atoms with Crippen molar-refractivity contribution in [1.29, 1.82) is 0 Å². The first kappa shape index (κ1) is 12.2. The van der Waals surface area contributed by atoms with E-state index in [1.165, 1.54) is 13.4 Å². The lowest BCUT2D eigenvalue weighted by molar-refractivity contribution is -0.137. The van der Waals surface area contributed by atoms with Crippen molar-refractivity contribution >= 4 is 22.7 Å². The summed E-state index contributed by atoms with van der Waals surface area (Å²) in [6.45, 7) is 1.77. The van der Waals surface area contributed by atoms with Gasteiger partial charge in [0.25, 0.3) is 5.78 Å². The molecule has 0 bridgehead atoms. The molecule has 18 heavy (non-hydrogen) atoms. The van der Waals surface area contributed by atoms with Crippen molar-refractivity contribution in [1.82, 2.24) is 0 Å². The first-order valence-electron chi connectivity index (χ1n) is 5.44. The molecular weight excluding hydrogens is 236 g/mol. The summed E-state index contributed by atoms with van der Waals surface area (Å²) in [6.07, 6.45) is 1.45. The maximum Gasteiger partial charge on any atom is 0.379 e. The van der Waals surface area contributed by atoms with Crippen molar-refractivity contribution in [3.63, 3.8) is 0 Å². The Kier molecular flexibility index (Phi) is 3.32. The first-order chi connectivity index (χ1) is 8.69. The van der Waals surface area contributed by atoms with Crippen molar-refractivity contribution in [2.45, 2.75) is 6.92 Å². The molecule has 0 aliphatic carbocycles. The number of fused-ring (bicyclic) bond motifs is 1. The second-order valence-electron chi connectivity index (χ2n) is 3.53. The van der Waals surface area contributed by atoms with Gasteiger partial charge in [0.1, 0.15) is 16.9 Å². The summed E-state index contributed by atoms with van der Waals surface area (Å²) < 4.78 is 15.0. The molecule has 0 unspecified atom stereocenters. The standard InChI is InChI=1S/C13H12O5/c1-3-17-13(15)11(14)10-9(16-2)5-4-8-6-7-18-12(8)10/h4-7H,3H2,1-2H3. The number of methoxy groups -OCH3 is 1. The fourth-order valence-electron chi connectivity index (χ4n) is 1.70. The Hall–Kier alpha value is -2.30. The van der Waals surface area contributed by atoms with Crippen LogP contribution in [0.25, 0.3) is 11.0 Å². The van der Waals surface area contributed by atoms with E-state index in [2.05, 4.69) is 0 Å². The van der Waals surface area contributed by atoms with Gasteiger partial charge in [-0.15, -0.1) is 0 Å². The number of benzene rings is 1. The number of hydrogen-bond acceptors (Lipinski definition) is 5. The fraction of sp³-hybridized carbons (Fsp3) is 0.231. The predicted octanol–water partition coefficient (Wildman–Crippen LogP) is 2.19. The van der Waals surface area contributed by atoms with Crippen LogP contribution in [0.1, 0.15) is 17.3 Å². The number of carbonyl (C=O) groups excluding carboxylic acids is 2. The van der Waals surface area contributed by atoms with Crippen molar-refractivity contribution in [2.75, 3.05) is 13.7 Å². The minimum absolute atomic E-state index is 0.0958. The van der Waals surface area contributed by atoms with Crippen LogP contribution in [0, 0.1) is 0 Å². The Bertz CT molecular complexity index is 596. The summed E-state index contributed by atoms with van der Waals surface area (Å²) in [7, 11) is 1.42. The number of furan rings is 1. The minimum atomic E-state index is -0.917. The van der Waals surface area contributed by atoms with E-state index in [9.17, 15) is 9.59 Å². The molecule has 0 atom stereocenters. The van der Waals surface area contributed by atoms with Gasteiger partial charge in [-0.05, 0) is 25.1 Å². The lowest BCUT2D eigenvalue weighted by atomic mass is 10.1. The third-order valence-corrected chi connectivity index (χ3v) is 2.49. The van der Waals surface area contributed by atoms with Crippen LogP contribution in [0.5, 0.6) is 5.75 Å². The number of hydrogen-bond donors (Lipinski definition) is 0. The second kappa shape index (κ2) is 4.91. The van der Waals surface area contributed by atoms with Crippen LogP contribution < -0.4 is 4.74 Å². The Morgan fingerprint density at radius 1 is 1.28 bits per heavy atom. The molecule has 0 aliphatic heterocycles. The maximum atomic E-state index is 12.0. The zero-order valence-corrected chi connectivity index (χ0v) is 10.1. The number of ketones is 1. The third-order valence-electron chi connectivity index (χ3n) is 2.49. The van der Waals surface area contributed by atoms with Crippen molar-refractivity contribution in [3.05, 3.63) is 30.0 Å². The van der Waals surface area contributed by atoms with Crippen LogP contribution in [0.4, 0.5) is 0 Å². The summed E-state index contributed by atoms with van der Waals surface area (Å²) in [5, 5.41) is 0.725. The van der Waals surface area contributed by atoms with Gasteiger partial charge < -0.3 is 13.9 Å². The molecule has 0 radical (unpaired) electrons. The van der Waals surface area contributed by atoms with Crippen molar-refractivity contribution < 1.29 is 23.5 Å². The lowest BCUT2D eigenvalue weighted by Crippen LogP contribution is -2.18. The fourth-order valence-corrected chi connectivity index (χ4v) is 1.70. The number of Topliss-reactive ketones (excluding diaryl/α,β-unsaturated/α-hetero) is 1. The highest BCUT2D eigenvalue weighted by atomic mass is 16.5. The highest BCUT2D eigenvalue weighted by Gasteiger charge is 2.25. The Morgan fingerprint density at radius 3 is 2.72 bits per heavy atom. The maximum absolute atomic E-state index is 12.0. The topological polar surface area (TPSA) is 65.7 Å². The summed E-state index contributed by atoms with van der Waals surface area (Å²) in [4.78, 5) is 23.5. The Balaban J connectivity index is 2.56. The Morgan fingerprint density at radius 2 is 2.06 bits per heavy atom. The van der Waals surface area contributed by atoms with Gasteiger partial charge in [0, 0.05) is 5.39 Å². The predicted molar refractivity (Wildman–Crippen MR) is 63.7 cm³/mol. The van der Waals surface area contributed by atoms with E-state index in [4.69, 9.17) is 13.9 Å². The molecular formula is C13H12O5. The molecule has 2 aromatic rings. The van der Waals surface area contributed by atoms with E-state index >= 15 is 0 Å². The molecule has 0 spiro atoms. The average Bonchev–Trinajstić information content (AvgIpc) is 2.85. The van der Waals surface area contributed by atoms with Crippen molar-refractivity contribution in [2.24, 2.45) is 0 Å². The van der Waals surface area contributed by atoms with Crippen LogP contribution in [0.3, 0.4) is 0 Å². The lowest BCUT2D eigenvalue weighted by Gasteiger charge is -2.07.